The maximum atomic E-state index is 2.30. The Hall–Kier alpha value is 0. The van der Waals surface area contributed by atoms with E-state index in [1.807, 2.05) is 0 Å². The van der Waals surface area contributed by atoms with Crippen LogP contribution >= 0.6 is 0 Å². The van der Waals surface area contributed by atoms with Gasteiger partial charge in [-0.2, -0.15) is 0 Å². The third kappa shape index (κ3) is 9.24. The molecule has 0 unspecified atom stereocenters. The lowest BCUT2D eigenvalue weighted by Crippen LogP contribution is -2.15. The lowest BCUT2D eigenvalue weighted by molar-refractivity contribution is 0.240. The van der Waals surface area contributed by atoms with Gasteiger partial charge in [0.2, 0.25) is 0 Å². The molecule has 0 aromatic heterocycles. The maximum absolute atomic E-state index is 2.30. The Kier molecular flexibility index (Phi) is 17.4. The third-order valence-corrected chi connectivity index (χ3v) is 4.39. The lowest BCUT2D eigenvalue weighted by Gasteiger charge is -2.28. The minimum atomic E-state index is 0. The minimum Gasteiger partial charge on any atom is -0.0776 e. The highest BCUT2D eigenvalue weighted by atomic mass is 14.3. The van der Waals surface area contributed by atoms with E-state index >= 15 is 0 Å². The molecule has 102 valence electrons. The molecule has 0 nitrogen and oxygen atoms in total. The van der Waals surface area contributed by atoms with Gasteiger partial charge in [0.1, 0.15) is 0 Å². The molecule has 0 fully saturated rings. The molecule has 0 aromatic carbocycles. The summed E-state index contributed by atoms with van der Waals surface area (Å²) < 4.78 is 0. The summed E-state index contributed by atoms with van der Waals surface area (Å²) in [6.45, 7) is 15.9. The second-order valence-electron chi connectivity index (χ2n) is 4.84. The van der Waals surface area contributed by atoms with Crippen LogP contribution in [0.3, 0.4) is 0 Å². The molecule has 0 rings (SSSR count). The first-order chi connectivity index (χ1) is 7.05. The standard InChI is InChI=1S/C9H20.C6H14.CH4/c1-5-9(6-2,7-3)8-4;1-4-6(3)5-2;/h5-8H2,1-4H3;6H,4-5H2,1-3H3;1H4. The molecule has 0 aromatic rings. The predicted octanol–water partition coefficient (Wildman–Crippen LogP) is 6.69. The normalized spacial score (nSPS) is 10.5. The van der Waals surface area contributed by atoms with Crippen molar-refractivity contribution in [3.05, 3.63) is 0 Å². The van der Waals surface area contributed by atoms with Crippen LogP contribution < -0.4 is 0 Å². The third-order valence-electron chi connectivity index (χ3n) is 4.39. The predicted molar refractivity (Wildman–Crippen MR) is 80.1 cm³/mol. The quantitative estimate of drug-likeness (QED) is 0.477. The molecular formula is C16H38. The van der Waals surface area contributed by atoms with Gasteiger partial charge in [-0.05, 0) is 11.3 Å². The highest BCUT2D eigenvalue weighted by molar-refractivity contribution is 4.72. The van der Waals surface area contributed by atoms with Crippen molar-refractivity contribution in [3.63, 3.8) is 0 Å². The first-order valence-corrected chi connectivity index (χ1v) is 7.05. The highest BCUT2D eigenvalue weighted by Crippen LogP contribution is 2.33. The summed E-state index contributed by atoms with van der Waals surface area (Å²) in [6, 6.07) is 0. The van der Waals surface area contributed by atoms with E-state index in [2.05, 4.69) is 48.5 Å². The first kappa shape index (κ1) is 21.3. The Morgan fingerprint density at radius 3 is 0.938 bits per heavy atom. The van der Waals surface area contributed by atoms with Gasteiger partial charge in [-0.25, -0.2) is 0 Å². The fourth-order valence-corrected chi connectivity index (χ4v) is 1.79. The first-order valence-electron chi connectivity index (χ1n) is 7.05. The molecule has 0 amide bonds. The summed E-state index contributed by atoms with van der Waals surface area (Å²) in [5, 5.41) is 0. The van der Waals surface area contributed by atoms with Gasteiger partial charge in [0.15, 0.2) is 0 Å². The van der Waals surface area contributed by atoms with Crippen molar-refractivity contribution >= 4 is 0 Å². The smallest absolute Gasteiger partial charge is 0.0308 e. The van der Waals surface area contributed by atoms with Crippen LogP contribution in [-0.4, -0.2) is 0 Å². The van der Waals surface area contributed by atoms with Gasteiger partial charge < -0.3 is 0 Å². The molecule has 0 heteroatoms. The number of hydrogen-bond donors (Lipinski definition) is 0. The second kappa shape index (κ2) is 13.1. The van der Waals surface area contributed by atoms with Crippen LogP contribution in [0.4, 0.5) is 0 Å². The van der Waals surface area contributed by atoms with Gasteiger partial charge in [-0.3, -0.25) is 0 Å². The zero-order chi connectivity index (χ0) is 12.3. The van der Waals surface area contributed by atoms with Crippen LogP contribution in [0.15, 0.2) is 0 Å². The van der Waals surface area contributed by atoms with Crippen molar-refractivity contribution in [1.82, 2.24) is 0 Å². The van der Waals surface area contributed by atoms with E-state index in [0.29, 0.717) is 5.41 Å². The van der Waals surface area contributed by atoms with Crippen LogP contribution in [0.25, 0.3) is 0 Å². The minimum absolute atomic E-state index is 0. The highest BCUT2D eigenvalue weighted by Gasteiger charge is 2.20. The van der Waals surface area contributed by atoms with Crippen molar-refractivity contribution in [3.8, 4) is 0 Å². The molecule has 0 aliphatic rings. The van der Waals surface area contributed by atoms with Gasteiger partial charge in [0.25, 0.3) is 0 Å². The SMILES string of the molecule is C.CCC(C)CC.CCC(CC)(CC)CC. The average molecular weight is 230 g/mol. The van der Waals surface area contributed by atoms with Crippen LogP contribution in [0.5, 0.6) is 0 Å². The molecule has 0 heterocycles. The van der Waals surface area contributed by atoms with E-state index in [-0.39, 0.29) is 7.43 Å². The van der Waals surface area contributed by atoms with Crippen LogP contribution in [0, 0.1) is 11.3 Å². The van der Waals surface area contributed by atoms with Gasteiger partial charge in [0, 0.05) is 0 Å². The Labute approximate surface area is 106 Å². The fraction of sp³-hybridized carbons (Fsp3) is 1.00. The summed E-state index contributed by atoms with van der Waals surface area (Å²) >= 11 is 0. The summed E-state index contributed by atoms with van der Waals surface area (Å²) in [6.07, 6.45) is 8.03. The fourth-order valence-electron chi connectivity index (χ4n) is 1.79. The molecule has 0 saturated heterocycles. The molecule has 0 atom stereocenters. The molecule has 16 heavy (non-hydrogen) atoms. The summed E-state index contributed by atoms with van der Waals surface area (Å²) in [5.74, 6) is 0.935. The Bertz CT molecular complexity index is 89.7. The molecular weight excluding hydrogens is 192 g/mol. The van der Waals surface area contributed by atoms with Crippen LogP contribution in [-0.2, 0) is 0 Å². The molecule has 0 saturated carbocycles. The van der Waals surface area contributed by atoms with E-state index in [1.54, 1.807) is 0 Å². The topological polar surface area (TPSA) is 0 Å². The van der Waals surface area contributed by atoms with Crippen LogP contribution in [0.1, 0.15) is 94.4 Å². The van der Waals surface area contributed by atoms with Crippen molar-refractivity contribution in [2.75, 3.05) is 0 Å². The maximum Gasteiger partial charge on any atom is -0.0308 e. The van der Waals surface area contributed by atoms with Crippen molar-refractivity contribution in [1.29, 1.82) is 0 Å². The summed E-state index contributed by atoms with van der Waals surface area (Å²) in [4.78, 5) is 0. The van der Waals surface area contributed by atoms with E-state index in [1.165, 1.54) is 38.5 Å². The largest absolute Gasteiger partial charge is 0.0776 e. The lowest BCUT2D eigenvalue weighted by atomic mass is 9.78. The van der Waals surface area contributed by atoms with Gasteiger partial charge >= 0.3 is 0 Å². The van der Waals surface area contributed by atoms with Gasteiger partial charge in [-0.1, -0.05) is 94.4 Å². The van der Waals surface area contributed by atoms with Crippen molar-refractivity contribution in [2.24, 2.45) is 11.3 Å². The summed E-state index contributed by atoms with van der Waals surface area (Å²) in [5.41, 5.74) is 0.667. The molecule has 0 aliphatic heterocycles. The summed E-state index contributed by atoms with van der Waals surface area (Å²) in [7, 11) is 0. The van der Waals surface area contributed by atoms with Crippen molar-refractivity contribution in [2.45, 2.75) is 94.4 Å². The van der Waals surface area contributed by atoms with Gasteiger partial charge in [-0.15, -0.1) is 0 Å². The average Bonchev–Trinajstić information content (AvgIpc) is 2.32. The van der Waals surface area contributed by atoms with Crippen molar-refractivity contribution < 1.29 is 0 Å². The zero-order valence-electron chi connectivity index (χ0n) is 12.3. The monoisotopic (exact) mass is 230 g/mol. The Morgan fingerprint density at radius 2 is 0.938 bits per heavy atom. The van der Waals surface area contributed by atoms with E-state index in [4.69, 9.17) is 0 Å². The van der Waals surface area contributed by atoms with E-state index in [9.17, 15) is 0 Å². The van der Waals surface area contributed by atoms with Gasteiger partial charge in [0.05, 0.1) is 0 Å². The molecule has 0 N–H and O–H groups in total. The second-order valence-corrected chi connectivity index (χ2v) is 4.84. The Morgan fingerprint density at radius 1 is 0.688 bits per heavy atom. The zero-order valence-corrected chi connectivity index (χ0v) is 12.3. The number of rotatable bonds is 6. The molecule has 0 bridgehead atoms. The number of hydrogen-bond acceptors (Lipinski definition) is 0. The van der Waals surface area contributed by atoms with E-state index < -0.39 is 0 Å². The molecule has 0 aliphatic carbocycles. The molecule has 0 radical (unpaired) electrons. The Balaban J connectivity index is -0.000000214. The molecule has 0 spiro atoms. The van der Waals surface area contributed by atoms with E-state index in [0.717, 1.165) is 5.92 Å². The van der Waals surface area contributed by atoms with Crippen LogP contribution in [0.2, 0.25) is 0 Å².